The molecule has 2 heterocycles. The molecule has 0 aliphatic rings. The van der Waals surface area contributed by atoms with Gasteiger partial charge in [-0.15, -0.1) is 0 Å². The highest BCUT2D eigenvalue weighted by atomic mass is 19.4. The Morgan fingerprint density at radius 2 is 2.00 bits per heavy atom. The van der Waals surface area contributed by atoms with Crippen molar-refractivity contribution in [1.29, 1.82) is 0 Å². The zero-order valence-corrected chi connectivity index (χ0v) is 14.7. The van der Waals surface area contributed by atoms with Crippen LogP contribution in [0.3, 0.4) is 0 Å². The Labute approximate surface area is 155 Å². The average molecular weight is 399 g/mol. The summed E-state index contributed by atoms with van der Waals surface area (Å²) >= 11 is 0. The van der Waals surface area contributed by atoms with Crippen molar-refractivity contribution in [2.24, 2.45) is 0 Å². The van der Waals surface area contributed by atoms with E-state index in [1.54, 1.807) is 0 Å². The van der Waals surface area contributed by atoms with Gasteiger partial charge in [0.25, 0.3) is 6.43 Å². The summed E-state index contributed by atoms with van der Waals surface area (Å²) in [4.78, 5) is 16.0. The number of alkyl halides is 5. The average Bonchev–Trinajstić information content (AvgIpc) is 2.95. The van der Waals surface area contributed by atoms with E-state index in [2.05, 4.69) is 10.1 Å². The predicted molar refractivity (Wildman–Crippen MR) is 89.1 cm³/mol. The molecule has 28 heavy (non-hydrogen) atoms. The number of nitrogens with zero attached hydrogens (tertiary/aromatic N) is 3. The zero-order valence-electron chi connectivity index (χ0n) is 14.7. The fraction of sp³-hybridized carbons (Fsp3) is 0.278. The smallest absolute Gasteiger partial charge is 0.416 e. The number of ether oxygens (including phenoxy) is 1. The number of benzene rings is 1. The molecular formula is C18H14F5N3O2. The van der Waals surface area contributed by atoms with Gasteiger partial charge in [0.15, 0.2) is 5.65 Å². The van der Waals surface area contributed by atoms with Crippen molar-refractivity contribution in [2.45, 2.75) is 26.4 Å². The van der Waals surface area contributed by atoms with Gasteiger partial charge in [0.2, 0.25) is 0 Å². The molecule has 0 amide bonds. The molecule has 1 aromatic carbocycles. The van der Waals surface area contributed by atoms with E-state index in [0.717, 1.165) is 22.8 Å². The van der Waals surface area contributed by atoms with E-state index in [-0.39, 0.29) is 29.1 Å². The fourth-order valence-electron chi connectivity index (χ4n) is 2.87. The number of fused-ring (bicyclic) bond motifs is 1. The minimum absolute atomic E-state index is 0.0207. The van der Waals surface area contributed by atoms with Gasteiger partial charge in [0.05, 0.1) is 17.9 Å². The molecule has 2 aromatic heterocycles. The Morgan fingerprint density at radius 3 is 2.61 bits per heavy atom. The Bertz CT molecular complexity index is 1040. The molecule has 0 fully saturated rings. The van der Waals surface area contributed by atoms with Gasteiger partial charge in [-0.1, -0.05) is 12.1 Å². The van der Waals surface area contributed by atoms with Crippen molar-refractivity contribution in [3.8, 4) is 11.1 Å². The van der Waals surface area contributed by atoms with Gasteiger partial charge in [-0.3, -0.25) is 0 Å². The van der Waals surface area contributed by atoms with E-state index in [9.17, 15) is 26.7 Å². The molecule has 0 spiro atoms. The van der Waals surface area contributed by atoms with Crippen LogP contribution in [-0.4, -0.2) is 27.2 Å². The van der Waals surface area contributed by atoms with Crippen LogP contribution in [0.25, 0.3) is 16.8 Å². The first-order valence-corrected chi connectivity index (χ1v) is 8.16. The molecule has 0 N–H and O–H groups in total. The minimum Gasteiger partial charge on any atom is -0.462 e. The number of carbonyl (C=O) groups excluding carboxylic acids is 1. The Kier molecular flexibility index (Phi) is 5.05. The zero-order chi connectivity index (χ0) is 20.6. The third-order valence-electron chi connectivity index (χ3n) is 4.04. The molecule has 0 atom stereocenters. The fourth-order valence-corrected chi connectivity index (χ4v) is 2.87. The van der Waals surface area contributed by atoms with Crippen molar-refractivity contribution in [1.82, 2.24) is 14.6 Å². The second kappa shape index (κ2) is 7.17. The molecular weight excluding hydrogens is 385 g/mol. The highest BCUT2D eigenvalue weighted by molar-refractivity contribution is 5.91. The quantitative estimate of drug-likeness (QED) is 0.466. The number of carbonyl (C=O) groups is 1. The van der Waals surface area contributed by atoms with E-state index in [1.165, 1.54) is 26.0 Å². The van der Waals surface area contributed by atoms with Crippen LogP contribution in [0.2, 0.25) is 0 Å². The summed E-state index contributed by atoms with van der Waals surface area (Å²) in [7, 11) is 0. The maximum absolute atomic E-state index is 13.7. The molecule has 0 bridgehead atoms. The normalized spacial score (nSPS) is 12.0. The van der Waals surface area contributed by atoms with Gasteiger partial charge in [0, 0.05) is 11.8 Å². The topological polar surface area (TPSA) is 56.5 Å². The largest absolute Gasteiger partial charge is 0.462 e. The number of aryl methyl sites for hydroxylation is 1. The van der Waals surface area contributed by atoms with E-state index in [4.69, 9.17) is 4.74 Å². The number of hydrogen-bond donors (Lipinski definition) is 0. The summed E-state index contributed by atoms with van der Waals surface area (Å²) < 4.78 is 72.0. The maximum Gasteiger partial charge on any atom is 0.416 e. The molecule has 3 aromatic rings. The van der Waals surface area contributed by atoms with Crippen molar-refractivity contribution < 1.29 is 31.5 Å². The van der Waals surface area contributed by atoms with Gasteiger partial charge in [-0.2, -0.15) is 18.3 Å². The van der Waals surface area contributed by atoms with Crippen molar-refractivity contribution in [3.63, 3.8) is 0 Å². The molecule has 0 aliphatic carbocycles. The minimum atomic E-state index is -4.56. The van der Waals surface area contributed by atoms with E-state index in [0.29, 0.717) is 0 Å². The summed E-state index contributed by atoms with van der Waals surface area (Å²) in [5.74, 6) is -0.985. The van der Waals surface area contributed by atoms with Crippen LogP contribution in [0.5, 0.6) is 0 Å². The van der Waals surface area contributed by atoms with E-state index in [1.807, 2.05) is 0 Å². The van der Waals surface area contributed by atoms with Gasteiger partial charge in [-0.25, -0.2) is 23.1 Å². The molecule has 0 unspecified atom stereocenters. The lowest BCUT2D eigenvalue weighted by Gasteiger charge is -2.10. The first-order valence-electron chi connectivity index (χ1n) is 8.16. The van der Waals surface area contributed by atoms with Crippen LogP contribution >= 0.6 is 0 Å². The molecule has 0 radical (unpaired) electrons. The van der Waals surface area contributed by atoms with Crippen LogP contribution in [0, 0.1) is 6.92 Å². The number of aromatic nitrogens is 3. The third-order valence-corrected chi connectivity index (χ3v) is 4.04. The van der Waals surface area contributed by atoms with Crippen molar-refractivity contribution >= 4 is 11.6 Å². The first kappa shape index (κ1) is 19.7. The molecule has 0 aliphatic heterocycles. The SMILES string of the molecule is CCOC(=O)c1cnc2c(-c3cccc(C(F)(F)F)c3)c(C)nn2c1C(F)F. The monoisotopic (exact) mass is 399 g/mol. The molecule has 5 nitrogen and oxygen atoms in total. The van der Waals surface area contributed by atoms with Crippen LogP contribution < -0.4 is 0 Å². The lowest BCUT2D eigenvalue weighted by atomic mass is 10.0. The molecule has 3 rings (SSSR count). The van der Waals surface area contributed by atoms with Crippen LogP contribution in [0.1, 0.15) is 40.7 Å². The Balaban J connectivity index is 2.26. The van der Waals surface area contributed by atoms with Crippen LogP contribution in [-0.2, 0) is 10.9 Å². The summed E-state index contributed by atoms with van der Waals surface area (Å²) in [6, 6.07) is 4.42. The van der Waals surface area contributed by atoms with E-state index < -0.39 is 35.4 Å². The Hall–Kier alpha value is -3.04. The summed E-state index contributed by atoms with van der Waals surface area (Å²) in [6.07, 6.45) is -6.72. The molecule has 0 saturated heterocycles. The molecule has 148 valence electrons. The second-order valence-corrected chi connectivity index (χ2v) is 5.85. The second-order valence-electron chi connectivity index (χ2n) is 5.85. The van der Waals surface area contributed by atoms with Gasteiger partial charge in [0.1, 0.15) is 11.3 Å². The lowest BCUT2D eigenvalue weighted by Crippen LogP contribution is -2.14. The summed E-state index contributed by atoms with van der Waals surface area (Å²) in [5.41, 5.74) is -1.68. The highest BCUT2D eigenvalue weighted by Crippen LogP contribution is 2.35. The molecule has 0 saturated carbocycles. The number of rotatable bonds is 4. The van der Waals surface area contributed by atoms with Crippen LogP contribution in [0.4, 0.5) is 22.0 Å². The van der Waals surface area contributed by atoms with Crippen molar-refractivity contribution in [2.75, 3.05) is 6.61 Å². The standard InChI is InChI=1S/C18H14F5N3O2/c1-3-28-17(27)12-8-24-16-13(9(2)25-26(16)14(12)15(19)20)10-5-4-6-11(7-10)18(21,22)23/h4-8,15H,3H2,1-2H3. The molecule has 10 heteroatoms. The van der Waals surface area contributed by atoms with Crippen molar-refractivity contribution in [3.05, 3.63) is 53.0 Å². The summed E-state index contributed by atoms with van der Waals surface area (Å²) in [6.45, 7) is 2.96. The van der Waals surface area contributed by atoms with Gasteiger partial charge in [-0.05, 0) is 31.5 Å². The third kappa shape index (κ3) is 3.41. The number of hydrogen-bond acceptors (Lipinski definition) is 4. The highest BCUT2D eigenvalue weighted by Gasteiger charge is 2.31. The first-order chi connectivity index (χ1) is 13.1. The van der Waals surface area contributed by atoms with Gasteiger partial charge >= 0.3 is 12.1 Å². The van der Waals surface area contributed by atoms with E-state index >= 15 is 0 Å². The number of halogens is 5. The van der Waals surface area contributed by atoms with Gasteiger partial charge < -0.3 is 4.74 Å². The summed E-state index contributed by atoms with van der Waals surface area (Å²) in [5, 5.41) is 3.99. The predicted octanol–water partition coefficient (Wildman–Crippen LogP) is 4.84. The lowest BCUT2D eigenvalue weighted by molar-refractivity contribution is -0.137. The van der Waals surface area contributed by atoms with Crippen LogP contribution in [0.15, 0.2) is 30.5 Å². The maximum atomic E-state index is 13.7. The number of esters is 1. The Morgan fingerprint density at radius 1 is 1.29 bits per heavy atom.